The summed E-state index contributed by atoms with van der Waals surface area (Å²) in [6, 6.07) is 10.1. The Bertz CT molecular complexity index is 884. The summed E-state index contributed by atoms with van der Waals surface area (Å²) in [6.45, 7) is 1.18. The molecule has 0 bridgehead atoms. The lowest BCUT2D eigenvalue weighted by Gasteiger charge is -2.22. The largest absolute Gasteiger partial charge is 0.350 e. The molecule has 0 saturated carbocycles. The Morgan fingerprint density at radius 1 is 1.04 bits per heavy atom. The van der Waals surface area contributed by atoms with Gasteiger partial charge < -0.3 is 10.6 Å². The molecule has 3 rings (SSSR count). The number of rotatable bonds is 5. The lowest BCUT2D eigenvalue weighted by molar-refractivity contribution is -0.134. The molecule has 1 saturated heterocycles. The fourth-order valence-electron chi connectivity index (χ4n) is 2.82. The number of hydrogen-bond donors (Lipinski definition) is 2. The molecule has 0 aliphatic carbocycles. The number of imide groups is 1. The lowest BCUT2D eigenvalue weighted by Crippen LogP contribution is -2.43. The predicted octanol–water partition coefficient (Wildman–Crippen LogP) is 2.05. The van der Waals surface area contributed by atoms with Gasteiger partial charge >= 0.3 is 6.03 Å². The van der Waals surface area contributed by atoms with Gasteiger partial charge in [-0.25, -0.2) is 13.6 Å². The maximum Gasteiger partial charge on any atom is 0.325 e. The van der Waals surface area contributed by atoms with E-state index in [1.165, 1.54) is 55.5 Å². The third-order valence-corrected chi connectivity index (χ3v) is 4.40. The minimum atomic E-state index is -1.37. The van der Waals surface area contributed by atoms with E-state index in [0.29, 0.717) is 11.1 Å². The van der Waals surface area contributed by atoms with Gasteiger partial charge in [-0.2, -0.15) is 0 Å². The maximum absolute atomic E-state index is 13.1. The molecule has 0 aromatic heterocycles. The van der Waals surface area contributed by atoms with Crippen molar-refractivity contribution in [2.24, 2.45) is 0 Å². The number of nitrogens with one attached hydrogen (secondary N) is 2. The van der Waals surface area contributed by atoms with E-state index in [-0.39, 0.29) is 12.4 Å². The number of hydrogen-bond acceptors (Lipinski definition) is 3. The van der Waals surface area contributed by atoms with E-state index < -0.39 is 35.7 Å². The molecule has 6 nitrogen and oxygen atoms in total. The molecule has 2 N–H and O–H groups in total. The summed E-state index contributed by atoms with van der Waals surface area (Å²) in [5.74, 6) is -1.98. The van der Waals surface area contributed by atoms with Crippen LogP contribution in [0.4, 0.5) is 13.6 Å². The smallest absolute Gasteiger partial charge is 0.325 e. The van der Waals surface area contributed by atoms with Crippen LogP contribution in [0.1, 0.15) is 18.1 Å². The van der Waals surface area contributed by atoms with Crippen molar-refractivity contribution in [2.75, 3.05) is 6.54 Å². The highest BCUT2D eigenvalue weighted by molar-refractivity contribution is 6.09. The summed E-state index contributed by atoms with van der Waals surface area (Å²) < 4.78 is 26.0. The van der Waals surface area contributed by atoms with Crippen LogP contribution in [-0.2, 0) is 21.7 Å². The van der Waals surface area contributed by atoms with Gasteiger partial charge in [-0.15, -0.1) is 0 Å². The molecule has 27 heavy (non-hydrogen) atoms. The summed E-state index contributed by atoms with van der Waals surface area (Å²) in [5, 5.41) is 5.12. The molecule has 4 amide bonds. The van der Waals surface area contributed by atoms with Crippen LogP contribution >= 0.6 is 0 Å². The van der Waals surface area contributed by atoms with Gasteiger partial charge in [0.05, 0.1) is 0 Å². The molecule has 1 fully saturated rings. The van der Waals surface area contributed by atoms with E-state index in [1.807, 2.05) is 0 Å². The Kier molecular flexibility index (Phi) is 4.89. The number of carbonyl (C=O) groups excluding carboxylic acids is 3. The Morgan fingerprint density at radius 2 is 1.59 bits per heavy atom. The first kappa shape index (κ1) is 18.5. The number of benzene rings is 2. The van der Waals surface area contributed by atoms with Gasteiger partial charge in [0.25, 0.3) is 5.91 Å². The second kappa shape index (κ2) is 7.14. The zero-order valence-electron chi connectivity index (χ0n) is 14.5. The first-order valence-electron chi connectivity index (χ1n) is 8.21. The van der Waals surface area contributed by atoms with Gasteiger partial charge in [-0.1, -0.05) is 24.3 Å². The molecule has 2 aromatic rings. The Morgan fingerprint density at radius 3 is 2.19 bits per heavy atom. The van der Waals surface area contributed by atoms with Crippen molar-refractivity contribution in [3.8, 4) is 0 Å². The maximum atomic E-state index is 13.1. The Balaban J connectivity index is 1.65. The first-order valence-corrected chi connectivity index (χ1v) is 8.21. The van der Waals surface area contributed by atoms with E-state index in [4.69, 9.17) is 0 Å². The van der Waals surface area contributed by atoms with E-state index >= 15 is 0 Å². The van der Waals surface area contributed by atoms with Crippen molar-refractivity contribution in [3.05, 3.63) is 71.3 Å². The Hall–Kier alpha value is -3.29. The number of nitrogens with zero attached hydrogens (tertiary/aromatic N) is 1. The van der Waals surface area contributed by atoms with Crippen molar-refractivity contribution in [1.29, 1.82) is 0 Å². The van der Waals surface area contributed by atoms with E-state index in [9.17, 15) is 23.2 Å². The van der Waals surface area contributed by atoms with Gasteiger partial charge in [0.15, 0.2) is 0 Å². The van der Waals surface area contributed by atoms with Crippen LogP contribution in [0, 0.1) is 11.6 Å². The second-order valence-electron chi connectivity index (χ2n) is 6.36. The van der Waals surface area contributed by atoms with Crippen molar-refractivity contribution in [3.63, 3.8) is 0 Å². The monoisotopic (exact) mass is 373 g/mol. The van der Waals surface area contributed by atoms with Gasteiger partial charge in [0, 0.05) is 6.54 Å². The quantitative estimate of drug-likeness (QED) is 0.788. The summed E-state index contributed by atoms with van der Waals surface area (Å²) in [6.07, 6.45) is 0. The summed E-state index contributed by atoms with van der Waals surface area (Å²) in [4.78, 5) is 37.8. The van der Waals surface area contributed by atoms with Crippen LogP contribution in [0.25, 0.3) is 0 Å². The number of urea groups is 1. The molecule has 1 aliphatic heterocycles. The van der Waals surface area contributed by atoms with Crippen LogP contribution in [0.3, 0.4) is 0 Å². The fourth-order valence-corrected chi connectivity index (χ4v) is 2.82. The molecule has 1 unspecified atom stereocenters. The minimum absolute atomic E-state index is 0.137. The summed E-state index contributed by atoms with van der Waals surface area (Å²) >= 11 is 0. The van der Waals surface area contributed by atoms with Gasteiger partial charge in [-0.3, -0.25) is 14.5 Å². The van der Waals surface area contributed by atoms with Crippen molar-refractivity contribution < 1.29 is 23.2 Å². The molecule has 1 heterocycles. The topological polar surface area (TPSA) is 78.5 Å². The predicted molar refractivity (Wildman–Crippen MR) is 92.2 cm³/mol. The zero-order chi connectivity index (χ0) is 19.6. The molecule has 1 aliphatic rings. The van der Waals surface area contributed by atoms with Crippen molar-refractivity contribution in [1.82, 2.24) is 15.5 Å². The Labute approximate surface area is 154 Å². The molecule has 8 heteroatoms. The van der Waals surface area contributed by atoms with Gasteiger partial charge in [-0.05, 0) is 42.3 Å². The third kappa shape index (κ3) is 3.79. The van der Waals surface area contributed by atoms with Gasteiger partial charge in [0.1, 0.15) is 23.7 Å². The molecule has 1 atom stereocenters. The summed E-state index contributed by atoms with van der Waals surface area (Å²) in [5.41, 5.74) is -0.281. The van der Waals surface area contributed by atoms with Crippen LogP contribution < -0.4 is 10.6 Å². The highest BCUT2D eigenvalue weighted by Gasteiger charge is 2.49. The van der Waals surface area contributed by atoms with E-state index in [1.54, 1.807) is 0 Å². The highest BCUT2D eigenvalue weighted by atomic mass is 19.1. The normalized spacial score (nSPS) is 19.1. The number of halogens is 2. The fraction of sp³-hybridized carbons (Fsp3) is 0.211. The molecular formula is C19H17F2N3O3. The molecule has 140 valence electrons. The highest BCUT2D eigenvalue weighted by Crippen LogP contribution is 2.28. The molecule has 0 radical (unpaired) electrons. The van der Waals surface area contributed by atoms with Crippen molar-refractivity contribution >= 4 is 17.8 Å². The number of amides is 4. The molecule has 2 aromatic carbocycles. The molecular weight excluding hydrogens is 356 g/mol. The minimum Gasteiger partial charge on any atom is -0.350 e. The lowest BCUT2D eigenvalue weighted by atomic mass is 9.92. The average Bonchev–Trinajstić information content (AvgIpc) is 2.86. The average molecular weight is 373 g/mol. The second-order valence-corrected chi connectivity index (χ2v) is 6.36. The van der Waals surface area contributed by atoms with E-state index in [2.05, 4.69) is 10.6 Å². The van der Waals surface area contributed by atoms with Crippen LogP contribution in [0.5, 0.6) is 0 Å². The zero-order valence-corrected chi connectivity index (χ0v) is 14.5. The van der Waals surface area contributed by atoms with Crippen LogP contribution in [0.2, 0.25) is 0 Å². The van der Waals surface area contributed by atoms with E-state index in [0.717, 1.165) is 4.90 Å². The van der Waals surface area contributed by atoms with Crippen LogP contribution in [0.15, 0.2) is 48.5 Å². The summed E-state index contributed by atoms with van der Waals surface area (Å²) in [7, 11) is 0. The number of carbonyl (C=O) groups is 3. The third-order valence-electron chi connectivity index (χ3n) is 4.40. The van der Waals surface area contributed by atoms with Crippen LogP contribution in [-0.4, -0.2) is 29.3 Å². The van der Waals surface area contributed by atoms with Crippen molar-refractivity contribution in [2.45, 2.75) is 19.0 Å². The van der Waals surface area contributed by atoms with Gasteiger partial charge in [0.2, 0.25) is 5.91 Å². The first-order chi connectivity index (χ1) is 12.8. The SMILES string of the molecule is CC1(c2ccc(F)cc2)NC(=O)N(CC(=O)NCc2ccc(F)cc2)C1=O. The molecule has 0 spiro atoms. The standard InChI is InChI=1S/C19H17F2N3O3/c1-19(13-4-8-15(21)9-5-13)17(26)24(18(27)23-19)11-16(25)22-10-12-2-6-14(20)7-3-12/h2-9H,10-11H2,1H3,(H,22,25)(H,23,27).